The van der Waals surface area contributed by atoms with Gasteiger partial charge in [0.15, 0.2) is 5.82 Å². The Morgan fingerprint density at radius 1 is 1.06 bits per heavy atom. The van der Waals surface area contributed by atoms with Crippen molar-refractivity contribution in [3.8, 4) is 28.6 Å². The van der Waals surface area contributed by atoms with Gasteiger partial charge in [-0.25, -0.2) is 15.0 Å². The summed E-state index contributed by atoms with van der Waals surface area (Å²) in [6.07, 6.45) is 4.07. The lowest BCUT2D eigenvalue weighted by atomic mass is 10.0. The van der Waals surface area contributed by atoms with Gasteiger partial charge in [-0.15, -0.1) is 0 Å². The van der Waals surface area contributed by atoms with E-state index in [1.54, 1.807) is 18.5 Å². The van der Waals surface area contributed by atoms with Crippen LogP contribution in [0, 0.1) is 13.8 Å². The molecule has 0 aliphatic heterocycles. The van der Waals surface area contributed by atoms with Crippen molar-refractivity contribution >= 4 is 5.97 Å². The van der Waals surface area contributed by atoms with E-state index in [-0.39, 0.29) is 12.3 Å². The van der Waals surface area contributed by atoms with Gasteiger partial charge < -0.3 is 14.3 Å². The third-order valence-electron chi connectivity index (χ3n) is 5.68. The van der Waals surface area contributed by atoms with E-state index in [0.717, 1.165) is 39.5 Å². The first-order valence-corrected chi connectivity index (χ1v) is 11.2. The van der Waals surface area contributed by atoms with Gasteiger partial charge in [0, 0.05) is 35.9 Å². The first kappa shape index (κ1) is 23.2. The van der Waals surface area contributed by atoms with Crippen LogP contribution in [0.5, 0.6) is 5.75 Å². The van der Waals surface area contributed by atoms with Crippen molar-refractivity contribution in [2.45, 2.75) is 39.5 Å². The van der Waals surface area contributed by atoms with E-state index < -0.39 is 5.97 Å². The molecule has 0 saturated heterocycles. The van der Waals surface area contributed by atoms with E-state index in [0.29, 0.717) is 24.7 Å². The fourth-order valence-corrected chi connectivity index (χ4v) is 3.78. The zero-order valence-corrected chi connectivity index (χ0v) is 19.5. The lowest BCUT2D eigenvalue weighted by molar-refractivity contribution is -0.136. The summed E-state index contributed by atoms with van der Waals surface area (Å²) in [5, 5.41) is 8.89. The molecular formula is C27H27N3O4. The summed E-state index contributed by atoms with van der Waals surface area (Å²) in [4.78, 5) is 24.1. The van der Waals surface area contributed by atoms with Gasteiger partial charge in [-0.05, 0) is 61.7 Å². The average Bonchev–Trinajstić information content (AvgIpc) is 3.24. The third-order valence-corrected chi connectivity index (χ3v) is 5.68. The molecular weight excluding hydrogens is 430 g/mol. The second-order valence-corrected chi connectivity index (χ2v) is 8.30. The smallest absolute Gasteiger partial charge is 0.303 e. The third kappa shape index (κ3) is 5.49. The maximum Gasteiger partial charge on any atom is 0.303 e. The summed E-state index contributed by atoms with van der Waals surface area (Å²) >= 11 is 0. The van der Waals surface area contributed by atoms with Crippen LogP contribution in [0.4, 0.5) is 0 Å². The monoisotopic (exact) mass is 457 g/mol. The minimum atomic E-state index is -0.794. The second-order valence-electron chi connectivity index (χ2n) is 8.30. The number of oxazole rings is 1. The fraction of sp³-hybridized carbons (Fsp3) is 0.259. The molecule has 7 heteroatoms. The van der Waals surface area contributed by atoms with Gasteiger partial charge in [0.1, 0.15) is 11.5 Å². The first-order chi connectivity index (χ1) is 16.4. The SMILES string of the molecule is Cc1cc(OCC(C)c2nc(-c3ccc(-c4ncccn4)cc3)oc2C)ccc1CCC(=O)O. The molecule has 34 heavy (non-hydrogen) atoms. The molecule has 4 rings (SSSR count). The second kappa shape index (κ2) is 10.3. The largest absolute Gasteiger partial charge is 0.493 e. The molecule has 2 heterocycles. The molecule has 0 bridgehead atoms. The number of hydrogen-bond acceptors (Lipinski definition) is 6. The Hall–Kier alpha value is -4.00. The number of carboxylic acids is 1. The predicted molar refractivity (Wildman–Crippen MR) is 129 cm³/mol. The predicted octanol–water partition coefficient (Wildman–Crippen LogP) is 5.62. The Labute approximate surface area is 198 Å². The summed E-state index contributed by atoms with van der Waals surface area (Å²) in [7, 11) is 0. The van der Waals surface area contributed by atoms with Crippen LogP contribution in [0.2, 0.25) is 0 Å². The van der Waals surface area contributed by atoms with Crippen molar-refractivity contribution in [2.75, 3.05) is 6.61 Å². The Morgan fingerprint density at radius 3 is 2.44 bits per heavy atom. The van der Waals surface area contributed by atoms with Crippen molar-refractivity contribution < 1.29 is 19.1 Å². The molecule has 0 radical (unpaired) electrons. The fourth-order valence-electron chi connectivity index (χ4n) is 3.78. The molecule has 1 atom stereocenters. The molecule has 0 aliphatic rings. The van der Waals surface area contributed by atoms with Crippen molar-refractivity contribution in [3.05, 3.63) is 83.5 Å². The van der Waals surface area contributed by atoms with Crippen molar-refractivity contribution in [3.63, 3.8) is 0 Å². The number of rotatable bonds is 9. The van der Waals surface area contributed by atoms with Crippen LogP contribution in [0.3, 0.4) is 0 Å². The van der Waals surface area contributed by atoms with Gasteiger partial charge in [0.25, 0.3) is 0 Å². The lowest BCUT2D eigenvalue weighted by Gasteiger charge is -2.13. The van der Waals surface area contributed by atoms with Gasteiger partial charge in [-0.2, -0.15) is 0 Å². The van der Waals surface area contributed by atoms with Gasteiger partial charge in [-0.1, -0.05) is 25.1 Å². The van der Waals surface area contributed by atoms with E-state index >= 15 is 0 Å². The molecule has 2 aromatic carbocycles. The van der Waals surface area contributed by atoms with Crippen LogP contribution in [0.25, 0.3) is 22.8 Å². The Balaban J connectivity index is 1.41. The zero-order chi connectivity index (χ0) is 24.1. The molecule has 0 amide bonds. The Kier molecular flexibility index (Phi) is 7.01. The highest BCUT2D eigenvalue weighted by atomic mass is 16.5. The molecule has 7 nitrogen and oxygen atoms in total. The van der Waals surface area contributed by atoms with Crippen LogP contribution in [0.1, 0.15) is 41.8 Å². The maximum atomic E-state index is 10.8. The molecule has 2 aromatic heterocycles. The van der Waals surface area contributed by atoms with Crippen molar-refractivity contribution in [2.24, 2.45) is 0 Å². The van der Waals surface area contributed by atoms with Gasteiger partial charge in [0.05, 0.1) is 12.3 Å². The number of aliphatic carboxylic acids is 1. The molecule has 0 aliphatic carbocycles. The molecule has 1 N–H and O–H groups in total. The minimum absolute atomic E-state index is 0.0292. The number of benzene rings is 2. The number of hydrogen-bond donors (Lipinski definition) is 1. The maximum absolute atomic E-state index is 10.8. The van der Waals surface area contributed by atoms with E-state index in [2.05, 4.69) is 16.9 Å². The number of aromatic nitrogens is 3. The van der Waals surface area contributed by atoms with E-state index in [9.17, 15) is 4.79 Å². The summed E-state index contributed by atoms with van der Waals surface area (Å²) in [5.74, 6) is 2.00. The van der Waals surface area contributed by atoms with E-state index in [1.807, 2.05) is 56.3 Å². The zero-order valence-electron chi connectivity index (χ0n) is 19.5. The standard InChI is InChI=1S/C27H27N3O4/c1-17-15-23(11-9-20(17)10-12-24(31)32)33-16-18(2)25-19(3)34-27(30-25)22-7-5-21(6-8-22)26-28-13-4-14-29-26/h4-9,11,13-15,18H,10,12,16H2,1-3H3,(H,31,32). The van der Waals surface area contributed by atoms with E-state index in [4.69, 9.17) is 19.2 Å². The van der Waals surface area contributed by atoms with Crippen molar-refractivity contribution in [1.82, 2.24) is 15.0 Å². The Bertz CT molecular complexity index is 1270. The molecule has 0 fully saturated rings. The van der Waals surface area contributed by atoms with Crippen LogP contribution < -0.4 is 4.74 Å². The summed E-state index contributed by atoms with van der Waals surface area (Å²) in [5.41, 5.74) is 4.72. The van der Waals surface area contributed by atoms with Gasteiger partial charge in [0.2, 0.25) is 5.89 Å². The number of nitrogens with zero attached hydrogens (tertiary/aromatic N) is 3. The number of ether oxygens (including phenoxy) is 1. The molecule has 0 saturated carbocycles. The molecule has 4 aromatic rings. The van der Waals surface area contributed by atoms with Crippen molar-refractivity contribution in [1.29, 1.82) is 0 Å². The first-order valence-electron chi connectivity index (χ1n) is 11.2. The Morgan fingerprint density at radius 2 is 1.76 bits per heavy atom. The van der Waals surface area contributed by atoms with E-state index in [1.165, 1.54) is 0 Å². The van der Waals surface area contributed by atoms with Gasteiger partial charge in [-0.3, -0.25) is 4.79 Å². The normalized spacial score (nSPS) is 11.9. The lowest BCUT2D eigenvalue weighted by Crippen LogP contribution is -2.09. The molecule has 174 valence electrons. The molecule has 0 spiro atoms. The summed E-state index contributed by atoms with van der Waals surface area (Å²) in [6, 6.07) is 15.4. The van der Waals surface area contributed by atoms with Gasteiger partial charge >= 0.3 is 5.97 Å². The van der Waals surface area contributed by atoms with Crippen LogP contribution in [0.15, 0.2) is 65.3 Å². The molecule has 1 unspecified atom stereocenters. The highest BCUT2D eigenvalue weighted by molar-refractivity contribution is 5.67. The highest BCUT2D eigenvalue weighted by Gasteiger charge is 2.18. The minimum Gasteiger partial charge on any atom is -0.493 e. The topological polar surface area (TPSA) is 98.3 Å². The average molecular weight is 458 g/mol. The highest BCUT2D eigenvalue weighted by Crippen LogP contribution is 2.28. The summed E-state index contributed by atoms with van der Waals surface area (Å²) in [6.45, 7) is 6.39. The van der Waals surface area contributed by atoms with Crippen LogP contribution >= 0.6 is 0 Å². The summed E-state index contributed by atoms with van der Waals surface area (Å²) < 4.78 is 12.0. The quantitative estimate of drug-likeness (QED) is 0.348. The van der Waals surface area contributed by atoms with Crippen LogP contribution in [-0.2, 0) is 11.2 Å². The number of carboxylic acid groups (broad SMARTS) is 1. The number of aryl methyl sites for hydroxylation is 3. The van der Waals surface area contributed by atoms with Crippen LogP contribution in [-0.4, -0.2) is 32.6 Å². The number of carbonyl (C=O) groups is 1.